The number of fused-ring (bicyclic) bond motifs is 4. The summed E-state index contributed by atoms with van der Waals surface area (Å²) < 4.78 is 0. The second-order valence-corrected chi connectivity index (χ2v) is 13.1. The van der Waals surface area contributed by atoms with Gasteiger partial charge < -0.3 is 14.9 Å². The monoisotopic (exact) mass is 534 g/mol. The number of hydrogen-bond donors (Lipinski definition) is 1. The summed E-state index contributed by atoms with van der Waals surface area (Å²) in [4.78, 5) is 16.6. The van der Waals surface area contributed by atoms with E-state index in [0.717, 1.165) is 43.4 Å². The lowest BCUT2D eigenvalue weighted by atomic mass is 9.51. The molecule has 0 heterocycles. The molecule has 0 bridgehead atoms. The zero-order valence-corrected chi connectivity index (χ0v) is 24.6. The van der Waals surface area contributed by atoms with Crippen LogP contribution in [0.4, 0.5) is 11.4 Å². The van der Waals surface area contributed by atoms with Crippen LogP contribution in [0.1, 0.15) is 68.9 Å². The van der Waals surface area contributed by atoms with Crippen LogP contribution in [0.25, 0.3) is 0 Å². The maximum absolute atomic E-state index is 12.3. The molecule has 0 aliphatic heterocycles. The Hall–Kier alpha value is -3.29. The number of aliphatic hydroxyl groups is 1. The van der Waals surface area contributed by atoms with Crippen molar-refractivity contribution in [3.8, 4) is 11.8 Å². The second-order valence-electron chi connectivity index (χ2n) is 13.1. The van der Waals surface area contributed by atoms with Crippen molar-refractivity contribution in [3.05, 3.63) is 82.5 Å². The molecule has 2 aromatic carbocycles. The third kappa shape index (κ3) is 4.40. The van der Waals surface area contributed by atoms with Gasteiger partial charge in [-0.3, -0.25) is 4.79 Å². The molecule has 2 fully saturated rings. The van der Waals surface area contributed by atoms with Gasteiger partial charge in [0.05, 0.1) is 0 Å². The van der Waals surface area contributed by atoms with E-state index in [-0.39, 0.29) is 17.1 Å². The van der Waals surface area contributed by atoms with E-state index in [4.69, 9.17) is 0 Å². The first-order valence-corrected chi connectivity index (χ1v) is 14.9. The Balaban J connectivity index is 1.42. The van der Waals surface area contributed by atoms with Gasteiger partial charge in [-0.05, 0) is 110 Å². The normalized spacial score (nSPS) is 30.9. The molecule has 4 aliphatic carbocycles. The van der Waals surface area contributed by atoms with Crippen molar-refractivity contribution >= 4 is 17.2 Å². The zero-order chi connectivity index (χ0) is 28.2. The standard InChI is InChI=1S/C36H42N2O2/c1-35-23-32(25-8-13-28(14-9-25)38(4)5)34-30-17-15-29(39)22-26(30)10-16-31(34)33(35)19-21-36(35,40)20-18-24-6-11-27(12-7-24)37(2)3/h6-9,11-14,22,31-33,40H,10,15-17,19,21,23H2,1-5H3/t31?,32-,33?,35+,36+/m1/s1. The van der Waals surface area contributed by atoms with Crippen molar-refractivity contribution in [1.82, 2.24) is 0 Å². The summed E-state index contributed by atoms with van der Waals surface area (Å²) >= 11 is 0. The minimum Gasteiger partial charge on any atom is -0.378 e. The maximum atomic E-state index is 12.3. The van der Waals surface area contributed by atoms with Gasteiger partial charge in [0.1, 0.15) is 5.60 Å². The van der Waals surface area contributed by atoms with Gasteiger partial charge in [-0.2, -0.15) is 0 Å². The number of allylic oxidation sites excluding steroid dienone is 4. The molecule has 5 atom stereocenters. The van der Waals surface area contributed by atoms with Gasteiger partial charge >= 0.3 is 0 Å². The molecule has 0 aromatic heterocycles. The van der Waals surface area contributed by atoms with Gasteiger partial charge in [0, 0.05) is 62.9 Å². The summed E-state index contributed by atoms with van der Waals surface area (Å²) in [5.41, 5.74) is 7.52. The van der Waals surface area contributed by atoms with Crippen molar-refractivity contribution in [2.75, 3.05) is 38.0 Å². The molecular weight excluding hydrogens is 492 g/mol. The van der Waals surface area contributed by atoms with E-state index < -0.39 is 5.60 Å². The fraction of sp³-hybridized carbons (Fsp3) is 0.472. The number of carbonyl (C=O) groups is 1. The Morgan fingerprint density at radius 1 is 0.875 bits per heavy atom. The summed E-state index contributed by atoms with van der Waals surface area (Å²) in [5, 5.41) is 12.3. The van der Waals surface area contributed by atoms with Crippen LogP contribution in [0.2, 0.25) is 0 Å². The summed E-state index contributed by atoms with van der Waals surface area (Å²) in [6.45, 7) is 2.31. The van der Waals surface area contributed by atoms with E-state index >= 15 is 0 Å². The first kappa shape index (κ1) is 26.9. The number of ketones is 1. The predicted octanol–water partition coefficient (Wildman–Crippen LogP) is 6.50. The fourth-order valence-corrected chi connectivity index (χ4v) is 8.19. The molecule has 2 unspecified atom stereocenters. The van der Waals surface area contributed by atoms with Crippen LogP contribution in [0.3, 0.4) is 0 Å². The van der Waals surface area contributed by atoms with Crippen LogP contribution in [0.5, 0.6) is 0 Å². The van der Waals surface area contributed by atoms with Gasteiger partial charge in [-0.1, -0.05) is 36.5 Å². The number of rotatable bonds is 3. The molecule has 6 rings (SSSR count). The molecule has 0 radical (unpaired) electrons. The molecular formula is C36H42N2O2. The fourth-order valence-electron chi connectivity index (χ4n) is 8.19. The van der Waals surface area contributed by atoms with Crippen LogP contribution in [-0.2, 0) is 4.79 Å². The zero-order valence-electron chi connectivity index (χ0n) is 24.6. The lowest BCUT2D eigenvalue weighted by Crippen LogP contribution is -2.51. The summed E-state index contributed by atoms with van der Waals surface area (Å²) in [6, 6.07) is 17.3. The van der Waals surface area contributed by atoms with E-state index in [0.29, 0.717) is 24.7 Å². The lowest BCUT2D eigenvalue weighted by molar-refractivity contribution is -0.114. The number of hydrogen-bond acceptors (Lipinski definition) is 4. The van der Waals surface area contributed by atoms with Crippen molar-refractivity contribution in [3.63, 3.8) is 0 Å². The summed E-state index contributed by atoms with van der Waals surface area (Å²) in [6.07, 6.45) is 8.01. The number of nitrogens with zero attached hydrogens (tertiary/aromatic N) is 2. The first-order chi connectivity index (χ1) is 19.1. The Kier molecular flexibility index (Phi) is 6.70. The van der Waals surface area contributed by atoms with Crippen LogP contribution in [-0.4, -0.2) is 44.7 Å². The van der Waals surface area contributed by atoms with Crippen molar-refractivity contribution in [2.24, 2.45) is 17.3 Å². The average molecular weight is 535 g/mol. The van der Waals surface area contributed by atoms with Gasteiger partial charge in [0.25, 0.3) is 0 Å². The van der Waals surface area contributed by atoms with E-state index in [1.165, 1.54) is 22.4 Å². The van der Waals surface area contributed by atoms with E-state index in [1.807, 2.05) is 20.2 Å². The van der Waals surface area contributed by atoms with Crippen LogP contribution in [0, 0.1) is 29.1 Å². The number of benzene rings is 2. The molecule has 2 aromatic rings. The summed E-state index contributed by atoms with van der Waals surface area (Å²) in [5.74, 6) is 8.10. The molecule has 0 spiro atoms. The molecule has 4 nitrogen and oxygen atoms in total. The Morgan fingerprint density at radius 2 is 1.52 bits per heavy atom. The summed E-state index contributed by atoms with van der Waals surface area (Å²) in [7, 11) is 8.22. The molecule has 1 N–H and O–H groups in total. The largest absolute Gasteiger partial charge is 0.378 e. The third-order valence-electron chi connectivity index (χ3n) is 10.5. The maximum Gasteiger partial charge on any atom is 0.156 e. The highest BCUT2D eigenvalue weighted by Crippen LogP contribution is 2.66. The van der Waals surface area contributed by atoms with Crippen molar-refractivity contribution < 1.29 is 9.90 Å². The SMILES string of the molecule is CN(C)c1ccc(C#C[C@]2(O)CCC3C4CCC5=CC(=O)CCC5=C4[C@@H](c4ccc(N(C)C)cc4)C[C@@]32C)cc1. The van der Waals surface area contributed by atoms with E-state index in [9.17, 15) is 9.90 Å². The van der Waals surface area contributed by atoms with Crippen molar-refractivity contribution in [1.29, 1.82) is 0 Å². The smallest absolute Gasteiger partial charge is 0.156 e. The van der Waals surface area contributed by atoms with E-state index in [2.05, 4.69) is 91.2 Å². The Morgan fingerprint density at radius 3 is 2.17 bits per heavy atom. The number of carbonyl (C=O) groups excluding carboxylic acids is 1. The lowest BCUT2D eigenvalue weighted by Gasteiger charge is -2.53. The van der Waals surface area contributed by atoms with Crippen LogP contribution < -0.4 is 9.80 Å². The van der Waals surface area contributed by atoms with Gasteiger partial charge in [-0.25, -0.2) is 0 Å². The minimum atomic E-state index is -1.03. The van der Waals surface area contributed by atoms with Crippen LogP contribution in [0.15, 0.2) is 71.3 Å². The molecule has 4 heteroatoms. The number of anilines is 2. The van der Waals surface area contributed by atoms with E-state index in [1.54, 1.807) is 5.57 Å². The molecule has 208 valence electrons. The quantitative estimate of drug-likeness (QED) is 0.457. The van der Waals surface area contributed by atoms with Crippen molar-refractivity contribution in [2.45, 2.75) is 63.4 Å². The molecule has 0 saturated heterocycles. The molecule has 40 heavy (non-hydrogen) atoms. The Labute approximate surface area is 239 Å². The predicted molar refractivity (Wildman–Crippen MR) is 164 cm³/mol. The second kappa shape index (κ2) is 9.96. The topological polar surface area (TPSA) is 43.8 Å². The minimum absolute atomic E-state index is 0.222. The average Bonchev–Trinajstić information content (AvgIpc) is 3.21. The van der Waals surface area contributed by atoms with Gasteiger partial charge in [0.2, 0.25) is 0 Å². The Bertz CT molecular complexity index is 1440. The van der Waals surface area contributed by atoms with Gasteiger partial charge in [0.15, 0.2) is 5.78 Å². The highest BCUT2D eigenvalue weighted by atomic mass is 16.3. The highest BCUT2D eigenvalue weighted by molar-refractivity contribution is 5.93. The van der Waals surface area contributed by atoms with Gasteiger partial charge in [-0.15, -0.1) is 0 Å². The molecule has 0 amide bonds. The molecule has 2 saturated carbocycles. The molecule has 4 aliphatic rings. The van der Waals surface area contributed by atoms with Crippen LogP contribution >= 0.6 is 0 Å². The third-order valence-corrected chi connectivity index (χ3v) is 10.5. The first-order valence-electron chi connectivity index (χ1n) is 14.9. The highest BCUT2D eigenvalue weighted by Gasteiger charge is 2.62.